The van der Waals surface area contributed by atoms with Crippen LogP contribution < -0.4 is 38.5 Å². The molecular weight excluding hydrogens is 590 g/mol. The molecule has 0 rings (SSSR count). The molecule has 0 aliphatic carbocycles. The highest BCUT2D eigenvalue weighted by Gasteiger charge is 2.32. The van der Waals surface area contributed by atoms with Crippen LogP contribution in [-0.2, 0) is 43.2 Å². The van der Waals surface area contributed by atoms with Gasteiger partial charge in [-0.3, -0.25) is 43.2 Å². The van der Waals surface area contributed by atoms with E-state index in [1.54, 1.807) is 0 Å². The second-order valence-electron chi connectivity index (χ2n) is 9.72. The number of nitrogens with one attached hydrogen (secondary N) is 4. The number of hydrogen-bond acceptors (Lipinski definition) is 11. The smallest absolute Gasteiger partial charge is 0.305 e. The average Bonchev–Trinajstić information content (AvgIpc) is 2.94. The number of aliphatic carboxylic acids is 3. The summed E-state index contributed by atoms with van der Waals surface area (Å²) >= 11 is 0. The van der Waals surface area contributed by atoms with Gasteiger partial charge in [0.25, 0.3) is 0 Å². The van der Waals surface area contributed by atoms with Gasteiger partial charge >= 0.3 is 17.9 Å². The predicted molar refractivity (Wildman–Crippen MR) is 149 cm³/mol. The third-order valence-electron chi connectivity index (χ3n) is 6.02. The van der Waals surface area contributed by atoms with Gasteiger partial charge in [0, 0.05) is 19.3 Å². The Balaban J connectivity index is 5.90. The van der Waals surface area contributed by atoms with Crippen LogP contribution in [0.4, 0.5) is 0 Å². The van der Waals surface area contributed by atoms with E-state index in [1.807, 2.05) is 0 Å². The molecule has 0 aromatic rings. The summed E-state index contributed by atoms with van der Waals surface area (Å²) in [5, 5.41) is 35.8. The summed E-state index contributed by atoms with van der Waals surface area (Å²) < 4.78 is 0. The van der Waals surface area contributed by atoms with Crippen LogP contribution in [-0.4, -0.2) is 106 Å². The number of primary amides is 1. The zero-order chi connectivity index (χ0) is 33.8. The molecule has 0 spiro atoms. The Kier molecular flexibility index (Phi) is 18.9. The fraction of sp³-hybridized carbons (Fsp3) is 0.640. The van der Waals surface area contributed by atoms with E-state index in [4.69, 9.17) is 27.4 Å². The Morgan fingerprint density at radius 3 is 1.61 bits per heavy atom. The molecule has 44 heavy (non-hydrogen) atoms. The molecule has 0 aromatic heterocycles. The lowest BCUT2D eigenvalue weighted by Crippen LogP contribution is -2.58. The average molecular weight is 631 g/mol. The highest BCUT2D eigenvalue weighted by molar-refractivity contribution is 5.96. The van der Waals surface area contributed by atoms with Crippen molar-refractivity contribution in [2.45, 2.75) is 94.4 Å². The standard InChI is InChI=1S/C25H40N7O12/c26-10-2-1-3-15(23(42)29-13(12-33)4-8-19(35)36)30-24(43)16(6-7-18(28)34)31-25(44)17(11-21(39)40)32-22(41)14(27)5-9-20(37)38/h13-17H,1-11,26-27H2,(H2,28,34)(H,29,42)(H,30,43)(H,31,44)(H,32,41)(H,35,36)(H,37,38)(H,39,40)/t13-,14-,15-,16-,17-/m0/s1. The zero-order valence-corrected chi connectivity index (χ0v) is 23.9. The molecule has 0 saturated carbocycles. The van der Waals surface area contributed by atoms with Crippen molar-refractivity contribution in [3.05, 3.63) is 0 Å². The minimum absolute atomic E-state index is 0.00168. The highest BCUT2D eigenvalue weighted by atomic mass is 16.4. The van der Waals surface area contributed by atoms with E-state index < -0.39 is 110 Å². The van der Waals surface area contributed by atoms with Crippen molar-refractivity contribution < 1.29 is 58.5 Å². The summed E-state index contributed by atoms with van der Waals surface area (Å²) in [5.41, 5.74) is 16.3. The summed E-state index contributed by atoms with van der Waals surface area (Å²) in [6.45, 7) is 0.250. The van der Waals surface area contributed by atoms with E-state index in [0.717, 1.165) is 0 Å². The molecular formula is C25H40N7O12. The number of carboxylic acid groups (broad SMARTS) is 3. The molecule has 0 aliphatic heterocycles. The van der Waals surface area contributed by atoms with Gasteiger partial charge in [-0.25, -0.2) is 0 Å². The summed E-state index contributed by atoms with van der Waals surface area (Å²) in [5.74, 6) is -8.95. The lowest BCUT2D eigenvalue weighted by atomic mass is 10.0. The van der Waals surface area contributed by atoms with Crippen molar-refractivity contribution in [1.82, 2.24) is 21.3 Å². The first-order valence-electron chi connectivity index (χ1n) is 13.6. The number of carboxylic acids is 3. The normalized spacial score (nSPS) is 14.0. The van der Waals surface area contributed by atoms with Gasteiger partial charge < -0.3 is 53.8 Å². The molecule has 0 saturated heterocycles. The van der Waals surface area contributed by atoms with Gasteiger partial charge in [-0.1, -0.05) is 0 Å². The monoisotopic (exact) mass is 630 g/mol. The Hall–Kier alpha value is -4.65. The second-order valence-corrected chi connectivity index (χ2v) is 9.72. The molecule has 1 radical (unpaired) electrons. The maximum absolute atomic E-state index is 13.2. The number of carbonyl (C=O) groups excluding carboxylic acids is 6. The van der Waals surface area contributed by atoms with E-state index in [9.17, 15) is 48.3 Å². The van der Waals surface area contributed by atoms with Crippen LogP contribution in [0, 0.1) is 0 Å². The lowest BCUT2D eigenvalue weighted by molar-refractivity contribution is -0.141. The number of rotatable bonds is 24. The fourth-order valence-electron chi connectivity index (χ4n) is 3.64. The molecule has 5 amide bonds. The van der Waals surface area contributed by atoms with Crippen molar-refractivity contribution in [3.63, 3.8) is 0 Å². The van der Waals surface area contributed by atoms with Crippen LogP contribution in [0.1, 0.15) is 64.2 Å². The van der Waals surface area contributed by atoms with Gasteiger partial charge in [-0.05, 0) is 45.1 Å². The molecule has 5 atom stereocenters. The third-order valence-corrected chi connectivity index (χ3v) is 6.02. The van der Waals surface area contributed by atoms with Crippen molar-refractivity contribution in [3.8, 4) is 0 Å². The number of nitrogens with two attached hydrogens (primary N) is 3. The van der Waals surface area contributed by atoms with Gasteiger partial charge in [0.1, 0.15) is 18.1 Å². The first-order valence-corrected chi connectivity index (χ1v) is 13.6. The van der Waals surface area contributed by atoms with Crippen molar-refractivity contribution in [2.24, 2.45) is 17.2 Å². The first kappa shape index (κ1) is 39.4. The summed E-state index contributed by atoms with van der Waals surface area (Å²) in [7, 11) is 0. The topological polar surface area (TPSA) is 340 Å². The van der Waals surface area contributed by atoms with E-state index in [1.165, 1.54) is 6.29 Å². The number of unbranched alkanes of at least 4 members (excludes halogenated alkanes) is 1. The molecule has 19 heteroatoms. The summed E-state index contributed by atoms with van der Waals surface area (Å²) in [6.07, 6.45) is -1.06. The Labute approximate surface area is 252 Å². The third kappa shape index (κ3) is 17.3. The van der Waals surface area contributed by atoms with Crippen LogP contribution in [0.5, 0.6) is 0 Å². The van der Waals surface area contributed by atoms with E-state index in [-0.39, 0.29) is 25.8 Å². The van der Waals surface area contributed by atoms with Gasteiger partial charge in [0.2, 0.25) is 35.8 Å². The molecule has 13 N–H and O–H groups in total. The molecule has 0 fully saturated rings. The zero-order valence-electron chi connectivity index (χ0n) is 23.9. The largest absolute Gasteiger partial charge is 0.481 e. The highest BCUT2D eigenvalue weighted by Crippen LogP contribution is 2.07. The Morgan fingerprint density at radius 2 is 1.11 bits per heavy atom. The summed E-state index contributed by atoms with van der Waals surface area (Å²) in [4.78, 5) is 107. The van der Waals surface area contributed by atoms with E-state index in [0.29, 0.717) is 12.8 Å². The van der Waals surface area contributed by atoms with Crippen LogP contribution in [0.25, 0.3) is 0 Å². The molecule has 0 aliphatic rings. The Bertz CT molecular complexity index is 1050. The van der Waals surface area contributed by atoms with Crippen LogP contribution in [0.3, 0.4) is 0 Å². The fourth-order valence-corrected chi connectivity index (χ4v) is 3.64. The number of hydrogen-bond donors (Lipinski definition) is 10. The quantitative estimate of drug-likeness (QED) is 0.0454. The van der Waals surface area contributed by atoms with Crippen LogP contribution in [0.15, 0.2) is 0 Å². The molecule has 0 unspecified atom stereocenters. The molecule has 19 nitrogen and oxygen atoms in total. The minimum Gasteiger partial charge on any atom is -0.481 e. The summed E-state index contributed by atoms with van der Waals surface area (Å²) in [6, 6.07) is -7.37. The number of carbonyl (C=O) groups is 8. The number of amides is 5. The maximum atomic E-state index is 13.2. The molecule has 247 valence electrons. The van der Waals surface area contributed by atoms with Gasteiger partial charge in [0.15, 0.2) is 0 Å². The molecule has 0 heterocycles. The molecule has 0 bridgehead atoms. The predicted octanol–water partition coefficient (Wildman–Crippen LogP) is -4.04. The van der Waals surface area contributed by atoms with Crippen molar-refractivity contribution in [2.75, 3.05) is 6.54 Å². The Morgan fingerprint density at radius 1 is 0.614 bits per heavy atom. The lowest BCUT2D eigenvalue weighted by Gasteiger charge is -2.26. The van der Waals surface area contributed by atoms with Gasteiger partial charge in [-0.15, -0.1) is 0 Å². The second kappa shape index (κ2) is 21.1. The minimum atomic E-state index is -1.78. The van der Waals surface area contributed by atoms with Crippen molar-refractivity contribution >= 4 is 53.7 Å². The SMILES string of the molecule is NCCCC[C@H](NC(=O)[C@H](CCC(N)=O)NC(=O)[C@H](CC(=O)O)NC(=O)[C@@H](N)CCC(=O)O)C(=O)N[C@H]([C]=O)CCC(=O)O. The van der Waals surface area contributed by atoms with Crippen LogP contribution >= 0.6 is 0 Å². The van der Waals surface area contributed by atoms with Gasteiger partial charge in [-0.2, -0.15) is 0 Å². The van der Waals surface area contributed by atoms with Crippen molar-refractivity contribution in [1.29, 1.82) is 0 Å². The van der Waals surface area contributed by atoms with Crippen LogP contribution in [0.2, 0.25) is 0 Å². The van der Waals surface area contributed by atoms with E-state index >= 15 is 0 Å². The van der Waals surface area contributed by atoms with E-state index in [2.05, 4.69) is 21.3 Å². The maximum Gasteiger partial charge on any atom is 0.305 e. The first-order chi connectivity index (χ1) is 20.6. The van der Waals surface area contributed by atoms with Gasteiger partial charge in [0.05, 0.1) is 18.5 Å². The molecule has 0 aromatic carbocycles.